The van der Waals surface area contributed by atoms with Crippen LogP contribution in [-0.2, 0) is 6.61 Å². The molecule has 0 bridgehead atoms. The van der Waals surface area contributed by atoms with Gasteiger partial charge in [0.25, 0.3) is 5.91 Å². The Labute approximate surface area is 152 Å². The topological polar surface area (TPSA) is 76.1 Å². The number of nitrogens with zero attached hydrogens (tertiary/aromatic N) is 2. The zero-order valence-corrected chi connectivity index (χ0v) is 14.5. The van der Waals surface area contributed by atoms with Crippen LogP contribution in [0, 0.1) is 0 Å². The van der Waals surface area contributed by atoms with Gasteiger partial charge in [-0.2, -0.15) is 0 Å². The fourth-order valence-electron chi connectivity index (χ4n) is 2.36. The molecule has 0 saturated carbocycles. The molecule has 1 amide bonds. The molecule has 0 spiro atoms. The zero-order valence-electron chi connectivity index (χ0n) is 14.5. The number of ether oxygens (including phenoxy) is 1. The molecule has 132 valence electrons. The van der Waals surface area contributed by atoms with Gasteiger partial charge >= 0.3 is 0 Å². The molecular weight excluding hydrogens is 328 g/mol. The molecule has 1 aromatic heterocycles. The number of nitrogens with one attached hydrogen (secondary N) is 2. The predicted octanol–water partition coefficient (Wildman–Crippen LogP) is 3.74. The number of carbonyl (C=O) groups is 1. The number of amides is 1. The highest BCUT2D eigenvalue weighted by atomic mass is 16.5. The lowest BCUT2D eigenvalue weighted by Crippen LogP contribution is -2.14. The Hall–Kier alpha value is -3.41. The van der Waals surface area contributed by atoms with Crippen LogP contribution >= 0.6 is 0 Å². The predicted molar refractivity (Wildman–Crippen MR) is 101 cm³/mol. The first kappa shape index (κ1) is 17.4. The number of benzene rings is 2. The third-order valence-electron chi connectivity index (χ3n) is 3.60. The van der Waals surface area contributed by atoms with Gasteiger partial charge in [-0.15, -0.1) is 0 Å². The number of hydrogen-bond acceptors (Lipinski definition) is 5. The lowest BCUT2D eigenvalue weighted by Gasteiger charge is -2.09. The Kier molecular flexibility index (Phi) is 5.77. The van der Waals surface area contributed by atoms with Crippen LogP contribution in [0.3, 0.4) is 0 Å². The van der Waals surface area contributed by atoms with E-state index >= 15 is 0 Å². The van der Waals surface area contributed by atoms with Crippen LogP contribution in [0.2, 0.25) is 0 Å². The van der Waals surface area contributed by atoms with E-state index in [2.05, 4.69) is 20.6 Å². The van der Waals surface area contributed by atoms with E-state index in [-0.39, 0.29) is 5.91 Å². The zero-order chi connectivity index (χ0) is 18.2. The molecule has 0 fully saturated rings. The second-order valence-corrected chi connectivity index (χ2v) is 5.58. The molecule has 0 saturated heterocycles. The Balaban J connectivity index is 1.64. The quantitative estimate of drug-likeness (QED) is 0.680. The van der Waals surface area contributed by atoms with Crippen molar-refractivity contribution in [2.45, 2.75) is 13.5 Å². The normalized spacial score (nSPS) is 10.2. The van der Waals surface area contributed by atoms with E-state index in [1.54, 1.807) is 18.2 Å². The van der Waals surface area contributed by atoms with Gasteiger partial charge in [0.05, 0.1) is 0 Å². The van der Waals surface area contributed by atoms with E-state index in [0.29, 0.717) is 29.6 Å². The van der Waals surface area contributed by atoms with Gasteiger partial charge in [0.2, 0.25) is 0 Å². The number of carbonyl (C=O) groups excluding carboxylic acids is 1. The van der Waals surface area contributed by atoms with Crippen LogP contribution in [0.4, 0.5) is 11.5 Å². The molecule has 0 aliphatic heterocycles. The van der Waals surface area contributed by atoms with Crippen LogP contribution < -0.4 is 15.4 Å². The summed E-state index contributed by atoms with van der Waals surface area (Å²) >= 11 is 0. The van der Waals surface area contributed by atoms with Gasteiger partial charge in [-0.25, -0.2) is 9.97 Å². The molecule has 6 heteroatoms. The van der Waals surface area contributed by atoms with Crippen molar-refractivity contribution >= 4 is 17.4 Å². The fraction of sp³-hybridized carbons (Fsp3) is 0.150. The van der Waals surface area contributed by atoms with Crippen molar-refractivity contribution in [3.63, 3.8) is 0 Å². The molecular formula is C20H20N4O2. The summed E-state index contributed by atoms with van der Waals surface area (Å²) in [6, 6.07) is 18.8. The first-order valence-corrected chi connectivity index (χ1v) is 8.38. The van der Waals surface area contributed by atoms with Gasteiger partial charge in [-0.1, -0.05) is 36.4 Å². The van der Waals surface area contributed by atoms with Gasteiger partial charge < -0.3 is 15.4 Å². The average molecular weight is 348 g/mol. The SMILES string of the molecule is CCNc1cc(C(=O)Nc2cccc(OCc3ccccc3)c2)ncn1. The van der Waals surface area contributed by atoms with Crippen LogP contribution in [0.25, 0.3) is 0 Å². The van der Waals surface area contributed by atoms with Gasteiger partial charge in [-0.3, -0.25) is 4.79 Å². The molecule has 2 N–H and O–H groups in total. The standard InChI is InChI=1S/C20H20N4O2/c1-2-21-19-12-18(22-14-23-19)20(25)24-16-9-6-10-17(11-16)26-13-15-7-4-3-5-8-15/h3-12,14H,2,13H2,1H3,(H,24,25)(H,21,22,23). The van der Waals surface area contributed by atoms with Crippen LogP contribution in [-0.4, -0.2) is 22.4 Å². The molecule has 1 heterocycles. The molecule has 0 radical (unpaired) electrons. The highest BCUT2D eigenvalue weighted by Gasteiger charge is 2.09. The second kappa shape index (κ2) is 8.62. The van der Waals surface area contributed by atoms with Crippen molar-refractivity contribution < 1.29 is 9.53 Å². The Morgan fingerprint density at radius 3 is 2.69 bits per heavy atom. The lowest BCUT2D eigenvalue weighted by atomic mass is 10.2. The molecule has 6 nitrogen and oxygen atoms in total. The lowest BCUT2D eigenvalue weighted by molar-refractivity contribution is 0.102. The van der Waals surface area contributed by atoms with E-state index < -0.39 is 0 Å². The van der Waals surface area contributed by atoms with Crippen molar-refractivity contribution in [2.24, 2.45) is 0 Å². The summed E-state index contributed by atoms with van der Waals surface area (Å²) in [6.45, 7) is 3.15. The summed E-state index contributed by atoms with van der Waals surface area (Å²) in [5, 5.41) is 5.89. The van der Waals surface area contributed by atoms with Crippen LogP contribution in [0.5, 0.6) is 5.75 Å². The van der Waals surface area contributed by atoms with Crippen LogP contribution in [0.15, 0.2) is 67.0 Å². The number of rotatable bonds is 7. The Bertz CT molecular complexity index is 868. The number of aromatic nitrogens is 2. The third kappa shape index (κ3) is 4.80. The third-order valence-corrected chi connectivity index (χ3v) is 3.60. The summed E-state index contributed by atoms with van der Waals surface area (Å²) in [7, 11) is 0. The molecule has 0 aliphatic carbocycles. The summed E-state index contributed by atoms with van der Waals surface area (Å²) in [5.74, 6) is 1.00. The minimum atomic E-state index is -0.299. The smallest absolute Gasteiger partial charge is 0.274 e. The highest BCUT2D eigenvalue weighted by Crippen LogP contribution is 2.19. The summed E-state index contributed by atoms with van der Waals surface area (Å²) in [6.07, 6.45) is 1.37. The van der Waals surface area contributed by atoms with Crippen molar-refractivity contribution in [3.05, 3.63) is 78.2 Å². The van der Waals surface area contributed by atoms with E-state index in [1.807, 2.05) is 49.4 Å². The fourth-order valence-corrected chi connectivity index (χ4v) is 2.36. The Morgan fingerprint density at radius 1 is 1.04 bits per heavy atom. The molecule has 0 atom stereocenters. The van der Waals surface area contributed by atoms with Crippen LogP contribution in [0.1, 0.15) is 23.0 Å². The van der Waals surface area contributed by atoms with E-state index in [4.69, 9.17) is 4.74 Å². The van der Waals surface area contributed by atoms with Gasteiger partial charge in [-0.05, 0) is 24.6 Å². The van der Waals surface area contributed by atoms with Crippen molar-refractivity contribution in [3.8, 4) is 5.75 Å². The minimum absolute atomic E-state index is 0.298. The molecule has 0 unspecified atom stereocenters. The number of anilines is 2. The van der Waals surface area contributed by atoms with Crippen molar-refractivity contribution in [1.29, 1.82) is 0 Å². The minimum Gasteiger partial charge on any atom is -0.489 e. The van der Waals surface area contributed by atoms with E-state index in [0.717, 1.165) is 12.1 Å². The van der Waals surface area contributed by atoms with Gasteiger partial charge in [0.1, 0.15) is 30.2 Å². The van der Waals surface area contributed by atoms with E-state index in [1.165, 1.54) is 6.33 Å². The summed E-state index contributed by atoms with van der Waals surface area (Å²) in [5.41, 5.74) is 2.02. The average Bonchev–Trinajstić information content (AvgIpc) is 2.68. The molecule has 26 heavy (non-hydrogen) atoms. The second-order valence-electron chi connectivity index (χ2n) is 5.58. The van der Waals surface area contributed by atoms with Gasteiger partial charge in [0.15, 0.2) is 0 Å². The first-order valence-electron chi connectivity index (χ1n) is 8.38. The van der Waals surface area contributed by atoms with Gasteiger partial charge in [0, 0.05) is 24.4 Å². The summed E-state index contributed by atoms with van der Waals surface area (Å²) in [4.78, 5) is 20.5. The molecule has 2 aromatic carbocycles. The first-order chi connectivity index (χ1) is 12.7. The molecule has 0 aliphatic rings. The maximum atomic E-state index is 12.4. The Morgan fingerprint density at radius 2 is 1.88 bits per heavy atom. The van der Waals surface area contributed by atoms with E-state index in [9.17, 15) is 4.79 Å². The van der Waals surface area contributed by atoms with Crippen molar-refractivity contribution in [1.82, 2.24) is 9.97 Å². The van der Waals surface area contributed by atoms with Crippen molar-refractivity contribution in [2.75, 3.05) is 17.2 Å². The molecule has 3 rings (SSSR count). The maximum absolute atomic E-state index is 12.4. The summed E-state index contributed by atoms with van der Waals surface area (Å²) < 4.78 is 5.78. The highest BCUT2D eigenvalue weighted by molar-refractivity contribution is 6.03. The maximum Gasteiger partial charge on any atom is 0.274 e. The monoisotopic (exact) mass is 348 g/mol. The number of hydrogen-bond donors (Lipinski definition) is 2. The molecule has 3 aromatic rings. The largest absolute Gasteiger partial charge is 0.489 e.